The molecular formula is C18H11Cl2FN2OS. The average molecular weight is 393 g/mol. The molecule has 7 heteroatoms. The van der Waals surface area contributed by atoms with Crippen molar-refractivity contribution in [3.05, 3.63) is 75.3 Å². The van der Waals surface area contributed by atoms with E-state index in [1.165, 1.54) is 29.5 Å². The smallest absolute Gasteiger partial charge is 0.250 e. The van der Waals surface area contributed by atoms with Gasteiger partial charge >= 0.3 is 0 Å². The minimum Gasteiger partial charge on any atom is -0.298 e. The number of nitrogens with one attached hydrogen (secondary N) is 1. The number of carbonyl (C=O) groups excluding carboxylic acids is 1. The summed E-state index contributed by atoms with van der Waals surface area (Å²) in [6, 6.07) is 11.1. The summed E-state index contributed by atoms with van der Waals surface area (Å²) in [5, 5.41) is 5.83. The quantitative estimate of drug-likeness (QED) is 0.560. The van der Waals surface area contributed by atoms with E-state index in [4.69, 9.17) is 23.2 Å². The van der Waals surface area contributed by atoms with Gasteiger partial charge in [0, 0.05) is 17.0 Å². The van der Waals surface area contributed by atoms with E-state index >= 15 is 0 Å². The highest BCUT2D eigenvalue weighted by Crippen LogP contribution is 2.25. The normalized spacial score (nSPS) is 11.0. The van der Waals surface area contributed by atoms with Crippen LogP contribution >= 0.6 is 34.5 Å². The van der Waals surface area contributed by atoms with Crippen molar-refractivity contribution < 1.29 is 9.18 Å². The lowest BCUT2D eigenvalue weighted by Gasteiger charge is -1.99. The fraction of sp³-hybridized carbons (Fsp3) is 0. The zero-order valence-electron chi connectivity index (χ0n) is 12.7. The third kappa shape index (κ3) is 4.66. The molecule has 3 aromatic rings. The average Bonchev–Trinajstić information content (AvgIpc) is 3.05. The van der Waals surface area contributed by atoms with Crippen LogP contribution in [-0.2, 0) is 4.79 Å². The van der Waals surface area contributed by atoms with E-state index in [1.54, 1.807) is 41.8 Å². The third-order valence-corrected chi connectivity index (χ3v) is 4.74. The third-order valence-electron chi connectivity index (χ3n) is 3.25. The van der Waals surface area contributed by atoms with Crippen LogP contribution in [0.2, 0.25) is 10.0 Å². The first-order chi connectivity index (χ1) is 12.0. The van der Waals surface area contributed by atoms with Gasteiger partial charge < -0.3 is 0 Å². The molecule has 1 amide bonds. The van der Waals surface area contributed by atoms with Crippen molar-refractivity contribution >= 4 is 51.7 Å². The molecule has 0 saturated carbocycles. The molecule has 3 rings (SSSR count). The number of rotatable bonds is 4. The Bertz CT molecular complexity index is 939. The Labute approximate surface area is 157 Å². The number of thiazole rings is 1. The molecular weight excluding hydrogens is 382 g/mol. The van der Waals surface area contributed by atoms with Crippen molar-refractivity contribution in [1.82, 2.24) is 4.98 Å². The second-order valence-electron chi connectivity index (χ2n) is 5.04. The van der Waals surface area contributed by atoms with Crippen LogP contribution in [0.1, 0.15) is 5.56 Å². The van der Waals surface area contributed by atoms with Gasteiger partial charge in [-0.05, 0) is 48.0 Å². The van der Waals surface area contributed by atoms with E-state index in [2.05, 4.69) is 10.3 Å². The Hall–Kier alpha value is -2.21. The monoisotopic (exact) mass is 392 g/mol. The van der Waals surface area contributed by atoms with Gasteiger partial charge in [0.15, 0.2) is 5.13 Å². The molecule has 0 spiro atoms. The van der Waals surface area contributed by atoms with Crippen molar-refractivity contribution in [3.8, 4) is 11.3 Å². The Balaban J connectivity index is 1.66. The summed E-state index contributed by atoms with van der Waals surface area (Å²) in [4.78, 5) is 16.3. The first-order valence-corrected chi connectivity index (χ1v) is 8.80. The van der Waals surface area contributed by atoms with Gasteiger partial charge in [-0.2, -0.15) is 0 Å². The lowest BCUT2D eigenvalue weighted by Crippen LogP contribution is -2.07. The second kappa shape index (κ2) is 7.78. The van der Waals surface area contributed by atoms with Gasteiger partial charge in [-0.25, -0.2) is 9.37 Å². The maximum Gasteiger partial charge on any atom is 0.250 e. The zero-order chi connectivity index (χ0) is 17.8. The highest BCUT2D eigenvalue weighted by Gasteiger charge is 2.07. The maximum atomic E-state index is 13.0. The molecule has 0 fully saturated rings. The van der Waals surface area contributed by atoms with Crippen molar-refractivity contribution in [3.63, 3.8) is 0 Å². The summed E-state index contributed by atoms with van der Waals surface area (Å²) in [5.74, 6) is -0.619. The first-order valence-electron chi connectivity index (χ1n) is 7.17. The number of anilines is 1. The Kier molecular flexibility index (Phi) is 5.48. The summed E-state index contributed by atoms with van der Waals surface area (Å²) >= 11 is 13.1. The molecule has 0 saturated heterocycles. The van der Waals surface area contributed by atoms with E-state index in [9.17, 15) is 9.18 Å². The molecule has 2 aromatic carbocycles. The first kappa shape index (κ1) is 17.6. The summed E-state index contributed by atoms with van der Waals surface area (Å²) in [6.45, 7) is 0. The molecule has 0 unspecified atom stereocenters. The minimum atomic E-state index is -0.314. The molecule has 0 radical (unpaired) electrons. The zero-order valence-corrected chi connectivity index (χ0v) is 15.0. The van der Waals surface area contributed by atoms with Gasteiger partial charge in [0.25, 0.3) is 0 Å². The number of hydrogen-bond acceptors (Lipinski definition) is 3. The molecule has 1 heterocycles. The second-order valence-corrected chi connectivity index (χ2v) is 6.71. The standard InChI is InChI=1S/C18H11Cl2FN2OS/c19-14-7-1-11(9-15(14)20)2-8-17(24)23-18-22-16(10-25-18)12-3-5-13(21)6-4-12/h1-10H,(H,22,23,24)/b8-2+. The van der Waals surface area contributed by atoms with Crippen LogP contribution in [0.3, 0.4) is 0 Å². The highest BCUT2D eigenvalue weighted by atomic mass is 35.5. The Morgan fingerprint density at radius 1 is 1.12 bits per heavy atom. The van der Waals surface area contributed by atoms with Crippen LogP contribution in [0.25, 0.3) is 17.3 Å². The van der Waals surface area contributed by atoms with Crippen molar-refractivity contribution in [2.24, 2.45) is 0 Å². The van der Waals surface area contributed by atoms with E-state index in [0.29, 0.717) is 20.9 Å². The molecule has 126 valence electrons. The number of amides is 1. The van der Waals surface area contributed by atoms with Crippen molar-refractivity contribution in [2.75, 3.05) is 5.32 Å². The van der Waals surface area contributed by atoms with Crippen molar-refractivity contribution in [1.29, 1.82) is 0 Å². The Morgan fingerprint density at radius 3 is 2.60 bits per heavy atom. The van der Waals surface area contributed by atoms with Gasteiger partial charge in [0.2, 0.25) is 5.91 Å². The van der Waals surface area contributed by atoms with Crippen molar-refractivity contribution in [2.45, 2.75) is 0 Å². The molecule has 1 aromatic heterocycles. The largest absolute Gasteiger partial charge is 0.298 e. The van der Waals surface area contributed by atoms with Crippen LogP contribution in [0.15, 0.2) is 53.9 Å². The molecule has 25 heavy (non-hydrogen) atoms. The molecule has 0 atom stereocenters. The summed E-state index contributed by atoms with van der Waals surface area (Å²) in [7, 11) is 0. The van der Waals surface area contributed by atoms with E-state index < -0.39 is 0 Å². The van der Waals surface area contributed by atoms with Gasteiger partial charge in [-0.15, -0.1) is 11.3 Å². The van der Waals surface area contributed by atoms with E-state index in [0.717, 1.165) is 11.1 Å². The van der Waals surface area contributed by atoms with Crippen LogP contribution in [0.5, 0.6) is 0 Å². The summed E-state index contributed by atoms with van der Waals surface area (Å²) in [6.07, 6.45) is 3.02. The highest BCUT2D eigenvalue weighted by molar-refractivity contribution is 7.14. The Morgan fingerprint density at radius 2 is 1.88 bits per heavy atom. The summed E-state index contributed by atoms with van der Waals surface area (Å²) in [5.41, 5.74) is 2.22. The van der Waals surface area contributed by atoms with E-state index in [-0.39, 0.29) is 11.7 Å². The van der Waals surface area contributed by atoms with Crippen LogP contribution in [-0.4, -0.2) is 10.9 Å². The predicted molar refractivity (Wildman–Crippen MR) is 102 cm³/mol. The van der Waals surface area contributed by atoms with Crippen LogP contribution < -0.4 is 5.32 Å². The van der Waals surface area contributed by atoms with Gasteiger partial charge in [0.05, 0.1) is 15.7 Å². The van der Waals surface area contributed by atoms with Crippen LogP contribution in [0, 0.1) is 5.82 Å². The number of carbonyl (C=O) groups is 1. The molecule has 0 aliphatic carbocycles. The molecule has 0 aliphatic heterocycles. The molecule has 3 nitrogen and oxygen atoms in total. The number of benzene rings is 2. The number of hydrogen-bond donors (Lipinski definition) is 1. The van der Waals surface area contributed by atoms with Crippen LogP contribution in [0.4, 0.5) is 9.52 Å². The molecule has 0 bridgehead atoms. The van der Waals surface area contributed by atoms with Gasteiger partial charge in [0.1, 0.15) is 5.82 Å². The fourth-order valence-corrected chi connectivity index (χ4v) is 3.05. The summed E-state index contributed by atoms with van der Waals surface area (Å²) < 4.78 is 13.0. The molecule has 0 aliphatic rings. The minimum absolute atomic E-state index is 0.306. The number of aromatic nitrogens is 1. The number of nitrogens with zero attached hydrogens (tertiary/aromatic N) is 1. The van der Waals surface area contributed by atoms with Gasteiger partial charge in [-0.1, -0.05) is 29.3 Å². The lowest BCUT2D eigenvalue weighted by atomic mass is 10.2. The van der Waals surface area contributed by atoms with Gasteiger partial charge in [-0.3, -0.25) is 10.1 Å². The maximum absolute atomic E-state index is 13.0. The molecule has 1 N–H and O–H groups in total. The number of halogens is 3. The topological polar surface area (TPSA) is 42.0 Å². The fourth-order valence-electron chi connectivity index (χ4n) is 2.02. The predicted octanol–water partition coefficient (Wildman–Crippen LogP) is 5.91. The SMILES string of the molecule is O=C(/C=C/c1ccc(Cl)c(Cl)c1)Nc1nc(-c2ccc(F)cc2)cs1. The lowest BCUT2D eigenvalue weighted by molar-refractivity contribution is -0.111. The van der Waals surface area contributed by atoms with E-state index in [1.807, 2.05) is 0 Å².